The van der Waals surface area contributed by atoms with Crippen molar-refractivity contribution in [2.45, 2.75) is 31.3 Å². The summed E-state index contributed by atoms with van der Waals surface area (Å²) < 4.78 is 7.54. The number of para-hydroxylation sites is 2. The van der Waals surface area contributed by atoms with Crippen LogP contribution >= 0.6 is 0 Å². The minimum absolute atomic E-state index is 0.0591. The Morgan fingerprint density at radius 1 is 1.22 bits per heavy atom. The van der Waals surface area contributed by atoms with Gasteiger partial charge in [0.1, 0.15) is 0 Å². The number of carbonyl (C=O) groups is 1. The molecule has 0 radical (unpaired) electrons. The number of nitrogens with one attached hydrogen (secondary N) is 1. The quantitative estimate of drug-likeness (QED) is 0.924. The summed E-state index contributed by atoms with van der Waals surface area (Å²) >= 11 is 0. The van der Waals surface area contributed by atoms with Crippen LogP contribution in [0.5, 0.6) is 0 Å². The van der Waals surface area contributed by atoms with E-state index in [1.807, 2.05) is 29.4 Å². The Labute approximate surface area is 135 Å². The zero-order chi connectivity index (χ0) is 15.6. The van der Waals surface area contributed by atoms with E-state index >= 15 is 0 Å². The zero-order valence-corrected chi connectivity index (χ0v) is 13.1. The molecule has 1 N–H and O–H groups in total. The van der Waals surface area contributed by atoms with Gasteiger partial charge >= 0.3 is 6.03 Å². The number of benzene rings is 1. The summed E-state index contributed by atoms with van der Waals surface area (Å²) in [6.45, 7) is 3.03. The van der Waals surface area contributed by atoms with E-state index in [0.29, 0.717) is 6.04 Å². The maximum absolute atomic E-state index is 12.4. The molecule has 2 saturated heterocycles. The summed E-state index contributed by atoms with van der Waals surface area (Å²) in [6.07, 6.45) is 4.70. The van der Waals surface area contributed by atoms with Crippen LogP contribution in [0.25, 0.3) is 11.0 Å². The monoisotopic (exact) mass is 314 g/mol. The minimum atomic E-state index is 0.0591. The molecule has 4 rings (SSSR count). The summed E-state index contributed by atoms with van der Waals surface area (Å²) in [5.74, 6) is 0. The van der Waals surface area contributed by atoms with Crippen LogP contribution in [0, 0.1) is 0 Å². The molecular weight excluding hydrogens is 292 g/mol. The average molecular weight is 314 g/mol. The summed E-state index contributed by atoms with van der Waals surface area (Å²) in [7, 11) is 0. The Morgan fingerprint density at radius 3 is 2.91 bits per heavy atom. The second-order valence-corrected chi connectivity index (χ2v) is 6.37. The fourth-order valence-electron chi connectivity index (χ4n) is 3.53. The first-order chi connectivity index (χ1) is 11.3. The lowest BCUT2D eigenvalue weighted by molar-refractivity contribution is 0.0784. The predicted molar refractivity (Wildman–Crippen MR) is 87.3 cm³/mol. The maximum atomic E-state index is 12.4. The number of likely N-dealkylation sites (tertiary alicyclic amines) is 1. The van der Waals surface area contributed by atoms with Crippen LogP contribution in [0.4, 0.5) is 4.79 Å². The van der Waals surface area contributed by atoms with Gasteiger partial charge in [0.15, 0.2) is 0 Å². The Kier molecular flexibility index (Phi) is 3.91. The highest BCUT2D eigenvalue weighted by Gasteiger charge is 2.29. The molecule has 1 aromatic carbocycles. The molecule has 3 heterocycles. The molecule has 2 aromatic rings. The van der Waals surface area contributed by atoms with Crippen LogP contribution in [-0.4, -0.2) is 52.8 Å². The standard InChI is InChI=1S/C17H22N4O2/c22-17(19-13-6-9-23-10-7-13)20-8-5-14(11-20)21-12-18-15-3-1-2-4-16(15)21/h1-4,12-14H,5-11H2,(H,19,22)/t14-/m0/s1. The second-order valence-electron chi connectivity index (χ2n) is 6.37. The van der Waals surface area contributed by atoms with Crippen molar-refractivity contribution in [1.29, 1.82) is 0 Å². The molecule has 0 saturated carbocycles. The van der Waals surface area contributed by atoms with Gasteiger partial charge in [0.2, 0.25) is 0 Å². The molecule has 6 heteroatoms. The van der Waals surface area contributed by atoms with Gasteiger partial charge < -0.3 is 19.5 Å². The number of rotatable bonds is 2. The summed E-state index contributed by atoms with van der Waals surface area (Å²) in [4.78, 5) is 18.8. The van der Waals surface area contributed by atoms with Crippen molar-refractivity contribution in [2.75, 3.05) is 26.3 Å². The first-order valence-electron chi connectivity index (χ1n) is 8.36. The topological polar surface area (TPSA) is 59.4 Å². The second kappa shape index (κ2) is 6.20. The van der Waals surface area contributed by atoms with Crippen LogP contribution in [0.15, 0.2) is 30.6 Å². The number of hydrogen-bond donors (Lipinski definition) is 1. The van der Waals surface area contributed by atoms with Crippen molar-refractivity contribution >= 4 is 17.1 Å². The summed E-state index contributed by atoms with van der Waals surface area (Å²) in [5.41, 5.74) is 2.15. The fraction of sp³-hybridized carbons (Fsp3) is 0.529. The normalized spacial score (nSPS) is 22.6. The van der Waals surface area contributed by atoms with Crippen molar-refractivity contribution in [2.24, 2.45) is 0 Å². The van der Waals surface area contributed by atoms with Crippen molar-refractivity contribution < 1.29 is 9.53 Å². The lowest BCUT2D eigenvalue weighted by atomic mass is 10.1. The number of aromatic nitrogens is 2. The Bertz CT molecular complexity index is 693. The molecule has 2 fully saturated rings. The van der Waals surface area contributed by atoms with Crippen LogP contribution in [0.1, 0.15) is 25.3 Å². The third-order valence-electron chi connectivity index (χ3n) is 4.87. The third-order valence-corrected chi connectivity index (χ3v) is 4.87. The van der Waals surface area contributed by atoms with Crippen LogP contribution in [0.3, 0.4) is 0 Å². The van der Waals surface area contributed by atoms with E-state index in [0.717, 1.165) is 56.6 Å². The van der Waals surface area contributed by atoms with Gasteiger partial charge in [-0.25, -0.2) is 9.78 Å². The van der Waals surface area contributed by atoms with Crippen molar-refractivity contribution in [3.63, 3.8) is 0 Å². The van der Waals surface area contributed by atoms with Crippen LogP contribution in [0.2, 0.25) is 0 Å². The van der Waals surface area contributed by atoms with Gasteiger partial charge in [-0.15, -0.1) is 0 Å². The van der Waals surface area contributed by atoms with E-state index in [4.69, 9.17) is 4.74 Å². The van der Waals surface area contributed by atoms with Gasteiger partial charge in [-0.3, -0.25) is 0 Å². The summed E-state index contributed by atoms with van der Waals surface area (Å²) in [6, 6.07) is 8.77. The van der Waals surface area contributed by atoms with Crippen molar-refractivity contribution in [1.82, 2.24) is 19.8 Å². The predicted octanol–water partition coefficient (Wildman–Crippen LogP) is 2.17. The van der Waals surface area contributed by atoms with E-state index < -0.39 is 0 Å². The number of hydrogen-bond acceptors (Lipinski definition) is 3. The minimum Gasteiger partial charge on any atom is -0.381 e. The van der Waals surface area contributed by atoms with E-state index in [2.05, 4.69) is 20.9 Å². The van der Waals surface area contributed by atoms with Gasteiger partial charge in [-0.1, -0.05) is 12.1 Å². The molecular formula is C17H22N4O2. The van der Waals surface area contributed by atoms with Crippen molar-refractivity contribution in [3.05, 3.63) is 30.6 Å². The molecule has 2 amide bonds. The lowest BCUT2D eigenvalue weighted by Crippen LogP contribution is -2.45. The first-order valence-corrected chi connectivity index (χ1v) is 8.36. The molecule has 2 aliphatic rings. The molecule has 0 spiro atoms. The number of amides is 2. The number of carbonyl (C=O) groups excluding carboxylic acids is 1. The molecule has 1 aromatic heterocycles. The fourth-order valence-corrected chi connectivity index (χ4v) is 3.53. The van der Waals surface area contributed by atoms with Crippen molar-refractivity contribution in [3.8, 4) is 0 Å². The molecule has 122 valence electrons. The van der Waals surface area contributed by atoms with Gasteiger partial charge in [0, 0.05) is 32.3 Å². The van der Waals surface area contributed by atoms with Gasteiger partial charge in [-0.05, 0) is 31.4 Å². The molecule has 1 atom stereocenters. The number of urea groups is 1. The zero-order valence-electron chi connectivity index (χ0n) is 13.1. The molecule has 0 bridgehead atoms. The smallest absolute Gasteiger partial charge is 0.317 e. The van der Waals surface area contributed by atoms with E-state index in [1.54, 1.807) is 0 Å². The molecule has 6 nitrogen and oxygen atoms in total. The average Bonchev–Trinajstić information content (AvgIpc) is 3.22. The maximum Gasteiger partial charge on any atom is 0.317 e. The molecule has 2 aliphatic heterocycles. The number of imidazole rings is 1. The van der Waals surface area contributed by atoms with Gasteiger partial charge in [-0.2, -0.15) is 0 Å². The molecule has 0 aliphatic carbocycles. The first kappa shape index (κ1) is 14.5. The van der Waals surface area contributed by atoms with Crippen LogP contribution < -0.4 is 5.32 Å². The van der Waals surface area contributed by atoms with Crippen LogP contribution in [-0.2, 0) is 4.74 Å². The SMILES string of the molecule is O=C(NC1CCOCC1)N1CC[C@H](n2cnc3ccccc32)C1. The van der Waals surface area contributed by atoms with E-state index in [1.165, 1.54) is 0 Å². The lowest BCUT2D eigenvalue weighted by Gasteiger charge is -2.26. The molecule has 0 unspecified atom stereocenters. The van der Waals surface area contributed by atoms with Gasteiger partial charge in [0.05, 0.1) is 23.4 Å². The highest BCUT2D eigenvalue weighted by Crippen LogP contribution is 2.26. The highest BCUT2D eigenvalue weighted by molar-refractivity contribution is 5.76. The number of fused-ring (bicyclic) bond motifs is 1. The Hall–Kier alpha value is -2.08. The Balaban J connectivity index is 1.41. The highest BCUT2D eigenvalue weighted by atomic mass is 16.5. The Morgan fingerprint density at radius 2 is 2.04 bits per heavy atom. The number of nitrogens with zero attached hydrogens (tertiary/aromatic N) is 3. The summed E-state index contributed by atoms with van der Waals surface area (Å²) in [5, 5.41) is 3.15. The molecule has 23 heavy (non-hydrogen) atoms. The number of ether oxygens (including phenoxy) is 1. The third kappa shape index (κ3) is 2.91. The van der Waals surface area contributed by atoms with E-state index in [-0.39, 0.29) is 12.1 Å². The largest absolute Gasteiger partial charge is 0.381 e. The van der Waals surface area contributed by atoms with E-state index in [9.17, 15) is 4.79 Å². The van der Waals surface area contributed by atoms with Gasteiger partial charge in [0.25, 0.3) is 0 Å².